The molecule has 4 heterocycles. The smallest absolute Gasteiger partial charge is 0.264 e. The Morgan fingerprint density at radius 2 is 1.79 bits per heavy atom. The lowest BCUT2D eigenvalue weighted by atomic mass is 10.0. The van der Waals surface area contributed by atoms with E-state index in [0.29, 0.717) is 11.0 Å². The quantitative estimate of drug-likeness (QED) is 0.318. The highest BCUT2D eigenvalue weighted by molar-refractivity contribution is 6.03. The molecule has 210 valence electrons. The maximum Gasteiger partial charge on any atom is 0.264 e. The minimum absolute atomic E-state index is 0.0355. The summed E-state index contributed by atoms with van der Waals surface area (Å²) in [7, 11) is 1.86. The maximum atomic E-state index is 13.4. The number of carbonyl (C=O) groups excluding carboxylic acids is 1. The van der Waals surface area contributed by atoms with Crippen LogP contribution in [0.3, 0.4) is 0 Å². The van der Waals surface area contributed by atoms with Gasteiger partial charge in [-0.05, 0) is 56.0 Å². The summed E-state index contributed by atoms with van der Waals surface area (Å²) in [6.07, 6.45) is 4.34. The molecule has 0 atom stereocenters. The zero-order valence-corrected chi connectivity index (χ0v) is 23.8. The van der Waals surface area contributed by atoms with Gasteiger partial charge in [-0.2, -0.15) is 5.10 Å². The van der Waals surface area contributed by atoms with Crippen LogP contribution in [0.5, 0.6) is 0 Å². The number of fused-ring (bicyclic) bond motifs is 2. The first kappa shape index (κ1) is 27.9. The first-order valence-electron chi connectivity index (χ1n) is 13.3. The van der Waals surface area contributed by atoms with E-state index in [2.05, 4.69) is 40.0 Å². The van der Waals surface area contributed by atoms with Crippen molar-refractivity contribution in [1.82, 2.24) is 28.9 Å². The molecular weight excluding hydrogens is 528 g/mol. The highest BCUT2D eigenvalue weighted by Crippen LogP contribution is 2.20. The highest BCUT2D eigenvalue weighted by atomic mass is 16.1. The monoisotopic (exact) mass is 558 g/mol. The molecule has 1 amide bonds. The minimum Gasteiger partial charge on any atom is -0.381 e. The average Bonchev–Trinajstić information content (AvgIpc) is 3.54. The number of aromatic nitrogens is 6. The minimum atomic E-state index is -0.611. The first-order chi connectivity index (χ1) is 20.2. The molecule has 0 bridgehead atoms. The van der Waals surface area contributed by atoms with E-state index in [0.717, 1.165) is 45.7 Å². The molecule has 4 aromatic heterocycles. The summed E-state index contributed by atoms with van der Waals surface area (Å²) in [5.74, 6) is 5.77. The molecule has 42 heavy (non-hydrogen) atoms. The third-order valence-corrected chi connectivity index (χ3v) is 6.71. The Balaban J connectivity index is 0.000000199. The van der Waals surface area contributed by atoms with Gasteiger partial charge < -0.3 is 11.5 Å². The number of hydrogen-bond donors (Lipinski definition) is 2. The van der Waals surface area contributed by atoms with Gasteiger partial charge in [0.15, 0.2) is 11.5 Å². The molecule has 0 spiro atoms. The zero-order chi connectivity index (χ0) is 30.0. The van der Waals surface area contributed by atoms with E-state index in [1.807, 2.05) is 81.7 Å². The summed E-state index contributed by atoms with van der Waals surface area (Å²) in [6.45, 7) is 5.76. The van der Waals surface area contributed by atoms with E-state index in [-0.39, 0.29) is 16.9 Å². The Labute approximate surface area is 242 Å². The van der Waals surface area contributed by atoms with E-state index in [9.17, 15) is 9.59 Å². The summed E-state index contributed by atoms with van der Waals surface area (Å²) in [5, 5.41) is 9.71. The van der Waals surface area contributed by atoms with Crippen LogP contribution >= 0.6 is 0 Å². The molecular formula is C32H30N8O2. The third kappa shape index (κ3) is 5.36. The molecule has 2 aromatic carbocycles. The second kappa shape index (κ2) is 11.4. The molecule has 10 heteroatoms. The van der Waals surface area contributed by atoms with Crippen molar-refractivity contribution >= 4 is 28.1 Å². The van der Waals surface area contributed by atoms with Gasteiger partial charge in [-0.1, -0.05) is 49.1 Å². The fourth-order valence-corrected chi connectivity index (χ4v) is 4.84. The molecule has 0 radical (unpaired) electrons. The molecule has 0 saturated heterocycles. The van der Waals surface area contributed by atoms with Gasteiger partial charge in [0.05, 0.1) is 17.1 Å². The van der Waals surface area contributed by atoms with Gasteiger partial charge in [0.2, 0.25) is 0 Å². The molecule has 4 N–H and O–H groups in total. The highest BCUT2D eigenvalue weighted by Gasteiger charge is 2.17. The van der Waals surface area contributed by atoms with Crippen LogP contribution in [0, 0.1) is 25.7 Å². The van der Waals surface area contributed by atoms with E-state index >= 15 is 0 Å². The van der Waals surface area contributed by atoms with Crippen molar-refractivity contribution in [3.63, 3.8) is 0 Å². The van der Waals surface area contributed by atoms with Crippen molar-refractivity contribution in [2.75, 3.05) is 5.73 Å². The van der Waals surface area contributed by atoms with Crippen LogP contribution in [0.25, 0.3) is 22.1 Å². The number of nitrogens with two attached hydrogens (primary N) is 2. The first-order valence-corrected chi connectivity index (χ1v) is 13.3. The number of anilines is 1. The summed E-state index contributed by atoms with van der Waals surface area (Å²) >= 11 is 0. The van der Waals surface area contributed by atoms with Gasteiger partial charge in [-0.15, -0.1) is 5.10 Å². The molecule has 0 unspecified atom stereocenters. The lowest BCUT2D eigenvalue weighted by Gasteiger charge is -2.14. The Morgan fingerprint density at radius 3 is 2.45 bits per heavy atom. The van der Waals surface area contributed by atoms with Gasteiger partial charge in [-0.3, -0.25) is 18.8 Å². The van der Waals surface area contributed by atoms with Gasteiger partial charge >= 0.3 is 0 Å². The van der Waals surface area contributed by atoms with Crippen LogP contribution in [0.15, 0.2) is 77.9 Å². The van der Waals surface area contributed by atoms with Crippen molar-refractivity contribution in [3.05, 3.63) is 117 Å². The van der Waals surface area contributed by atoms with Crippen LogP contribution in [0.1, 0.15) is 45.5 Å². The number of aryl methyl sites for hydroxylation is 4. The van der Waals surface area contributed by atoms with Gasteiger partial charge in [0, 0.05) is 41.6 Å². The lowest BCUT2D eigenvalue weighted by molar-refractivity contribution is 0.100. The van der Waals surface area contributed by atoms with Crippen molar-refractivity contribution < 1.29 is 4.79 Å². The predicted molar refractivity (Wildman–Crippen MR) is 164 cm³/mol. The summed E-state index contributed by atoms with van der Waals surface area (Å²) in [4.78, 5) is 28.8. The topological polar surface area (TPSA) is 139 Å². The molecule has 0 saturated carbocycles. The number of para-hydroxylation sites is 1. The molecule has 0 aliphatic heterocycles. The van der Waals surface area contributed by atoms with Crippen LogP contribution in [-0.2, 0) is 13.5 Å². The van der Waals surface area contributed by atoms with Crippen LogP contribution in [-0.4, -0.2) is 34.9 Å². The summed E-state index contributed by atoms with van der Waals surface area (Å²) in [6, 6.07) is 19.5. The normalized spacial score (nSPS) is 10.7. The SMILES string of the molecule is CCc1cc2cccc(C#Cc3cnn(C)c3)c2c(=O)n1-c1ccccc1.Cc1cc(C)n2nc(N)c(C(N)=O)c2n1. The fraction of sp³-hybridized carbons (Fsp3) is 0.156. The van der Waals surface area contributed by atoms with E-state index in [1.54, 1.807) is 15.4 Å². The van der Waals surface area contributed by atoms with Gasteiger partial charge in [0.1, 0.15) is 5.56 Å². The van der Waals surface area contributed by atoms with Gasteiger partial charge in [0.25, 0.3) is 11.5 Å². The number of rotatable bonds is 3. The van der Waals surface area contributed by atoms with E-state index in [4.69, 9.17) is 11.5 Å². The maximum absolute atomic E-state index is 13.4. The average molecular weight is 559 g/mol. The van der Waals surface area contributed by atoms with Crippen molar-refractivity contribution in [3.8, 4) is 17.5 Å². The van der Waals surface area contributed by atoms with Crippen molar-refractivity contribution in [2.24, 2.45) is 12.8 Å². The standard InChI is InChI=1S/C23H19N3O.C9H11N5O/c1-3-20-14-19-9-7-8-18(13-12-17-15-24-25(2)16-17)22(19)23(27)26(20)21-10-5-4-6-11-21;1-4-3-5(2)14-9(12-4)6(8(11)15)7(10)13-14/h4-11,14-16H,3H2,1-2H3;3H,1-2H3,(H2,10,13)(H2,11,15). The van der Waals surface area contributed by atoms with E-state index in [1.165, 1.54) is 4.52 Å². The van der Waals surface area contributed by atoms with E-state index < -0.39 is 5.91 Å². The molecule has 0 fully saturated rings. The number of benzene rings is 2. The third-order valence-electron chi connectivity index (χ3n) is 6.71. The summed E-state index contributed by atoms with van der Waals surface area (Å²) in [5.41, 5.74) is 16.4. The van der Waals surface area contributed by atoms with Crippen molar-refractivity contribution in [1.29, 1.82) is 0 Å². The van der Waals surface area contributed by atoms with Crippen LogP contribution in [0.4, 0.5) is 5.82 Å². The Morgan fingerprint density at radius 1 is 1.02 bits per heavy atom. The number of nitrogens with zero attached hydrogens (tertiary/aromatic N) is 6. The number of hydrogen-bond acceptors (Lipinski definition) is 6. The number of primary amides is 1. The van der Waals surface area contributed by atoms with Crippen LogP contribution in [0.2, 0.25) is 0 Å². The molecule has 10 nitrogen and oxygen atoms in total. The Hall–Kier alpha value is -5.69. The Kier molecular flexibility index (Phi) is 7.58. The number of amides is 1. The number of nitrogen functional groups attached to an aromatic ring is 1. The molecule has 6 rings (SSSR count). The zero-order valence-electron chi connectivity index (χ0n) is 23.8. The predicted octanol–water partition coefficient (Wildman–Crippen LogP) is 3.71. The van der Waals surface area contributed by atoms with Crippen molar-refractivity contribution in [2.45, 2.75) is 27.2 Å². The van der Waals surface area contributed by atoms with Crippen LogP contribution < -0.4 is 17.0 Å². The Bertz CT molecular complexity index is 2080. The second-order valence-corrected chi connectivity index (χ2v) is 9.79. The molecule has 6 aromatic rings. The second-order valence-electron chi connectivity index (χ2n) is 9.79. The number of carbonyl (C=O) groups is 1. The fourth-order valence-electron chi connectivity index (χ4n) is 4.84. The lowest BCUT2D eigenvalue weighted by Crippen LogP contribution is -2.22. The largest absolute Gasteiger partial charge is 0.381 e. The number of pyridine rings is 1. The summed E-state index contributed by atoms with van der Waals surface area (Å²) < 4.78 is 5.02. The molecule has 0 aliphatic rings. The van der Waals surface area contributed by atoms with Gasteiger partial charge in [-0.25, -0.2) is 9.50 Å². The molecule has 0 aliphatic carbocycles.